The van der Waals surface area contributed by atoms with Crippen molar-refractivity contribution in [2.24, 2.45) is 0 Å². The van der Waals surface area contributed by atoms with Crippen LogP contribution < -0.4 is 9.04 Å². The number of benzene rings is 2. The number of nitrogens with zero attached hydrogens (tertiary/aromatic N) is 3. The molecule has 0 N–H and O–H groups in total. The van der Waals surface area contributed by atoms with Crippen molar-refractivity contribution >= 4 is 53.2 Å². The Labute approximate surface area is 181 Å². The molecule has 2 aromatic carbocycles. The SMILES string of the molecule is COc1ccc(CN(c2nccs2)S(=O)(=O)c2ccc3c(Br)cncc3c2)cc1. The number of hydrogen-bond donors (Lipinski definition) is 0. The molecule has 6 nitrogen and oxygen atoms in total. The molecule has 29 heavy (non-hydrogen) atoms. The molecular weight excluding hydrogens is 474 g/mol. The summed E-state index contributed by atoms with van der Waals surface area (Å²) in [6, 6.07) is 12.3. The zero-order chi connectivity index (χ0) is 20.4. The van der Waals surface area contributed by atoms with Gasteiger partial charge in [0.1, 0.15) is 5.75 Å². The van der Waals surface area contributed by atoms with E-state index in [2.05, 4.69) is 25.9 Å². The number of thiazole rings is 1. The third-order valence-electron chi connectivity index (χ3n) is 4.39. The summed E-state index contributed by atoms with van der Waals surface area (Å²) in [6.45, 7) is 0.161. The molecule has 2 heterocycles. The van der Waals surface area contributed by atoms with Gasteiger partial charge in [-0.2, -0.15) is 0 Å². The van der Waals surface area contributed by atoms with E-state index in [-0.39, 0.29) is 11.4 Å². The van der Waals surface area contributed by atoms with Gasteiger partial charge in [-0.1, -0.05) is 18.2 Å². The number of halogens is 1. The third-order valence-corrected chi connectivity index (χ3v) is 7.66. The first-order valence-corrected chi connectivity index (χ1v) is 11.7. The molecule has 4 rings (SSSR count). The third kappa shape index (κ3) is 3.98. The maximum absolute atomic E-state index is 13.5. The van der Waals surface area contributed by atoms with Gasteiger partial charge in [0.15, 0.2) is 5.13 Å². The molecule has 0 unspecified atom stereocenters. The summed E-state index contributed by atoms with van der Waals surface area (Å²) < 4.78 is 34.4. The summed E-state index contributed by atoms with van der Waals surface area (Å²) in [7, 11) is -2.24. The molecule has 0 amide bonds. The normalized spacial score (nSPS) is 11.5. The molecule has 0 aliphatic heterocycles. The van der Waals surface area contributed by atoms with Crippen molar-refractivity contribution in [3.05, 3.63) is 76.5 Å². The van der Waals surface area contributed by atoms with Crippen LogP contribution in [-0.2, 0) is 16.6 Å². The summed E-state index contributed by atoms with van der Waals surface area (Å²) in [6.07, 6.45) is 4.93. The molecule has 148 valence electrons. The van der Waals surface area contributed by atoms with Gasteiger partial charge >= 0.3 is 0 Å². The first-order chi connectivity index (χ1) is 14.0. The maximum Gasteiger partial charge on any atom is 0.266 e. The van der Waals surface area contributed by atoms with Gasteiger partial charge in [-0.25, -0.2) is 17.7 Å². The molecule has 9 heteroatoms. The van der Waals surface area contributed by atoms with E-state index in [4.69, 9.17) is 4.74 Å². The van der Waals surface area contributed by atoms with E-state index < -0.39 is 10.0 Å². The number of ether oxygens (including phenoxy) is 1. The van der Waals surface area contributed by atoms with Crippen LogP contribution in [0.5, 0.6) is 5.75 Å². The van der Waals surface area contributed by atoms with Gasteiger partial charge < -0.3 is 4.74 Å². The van der Waals surface area contributed by atoms with Gasteiger partial charge in [-0.15, -0.1) is 11.3 Å². The zero-order valence-electron chi connectivity index (χ0n) is 15.3. The van der Waals surface area contributed by atoms with Crippen molar-refractivity contribution in [1.82, 2.24) is 9.97 Å². The molecule has 0 radical (unpaired) electrons. The topological polar surface area (TPSA) is 72.4 Å². The Bertz CT molecular complexity index is 1240. The minimum atomic E-state index is -3.84. The van der Waals surface area contributed by atoms with Crippen molar-refractivity contribution in [3.8, 4) is 5.75 Å². The molecule has 0 spiro atoms. The second-order valence-electron chi connectivity index (χ2n) is 6.18. The quantitative estimate of drug-likeness (QED) is 0.386. The fraction of sp³-hybridized carbons (Fsp3) is 0.100. The van der Waals surface area contributed by atoms with E-state index in [1.807, 2.05) is 12.1 Å². The van der Waals surface area contributed by atoms with Crippen LogP contribution in [0.25, 0.3) is 10.8 Å². The lowest BCUT2D eigenvalue weighted by Gasteiger charge is -2.22. The van der Waals surface area contributed by atoms with Gasteiger partial charge in [-0.05, 0) is 51.1 Å². The summed E-state index contributed by atoms with van der Waals surface area (Å²) in [5, 5.41) is 3.81. The fourth-order valence-electron chi connectivity index (χ4n) is 2.90. The Morgan fingerprint density at radius 2 is 1.93 bits per heavy atom. The van der Waals surface area contributed by atoms with Gasteiger partial charge in [0, 0.05) is 33.8 Å². The number of hydrogen-bond acceptors (Lipinski definition) is 6. The Hall–Kier alpha value is -2.49. The molecule has 0 aliphatic rings. The van der Waals surface area contributed by atoms with Crippen LogP contribution in [0.15, 0.2) is 75.8 Å². The van der Waals surface area contributed by atoms with Gasteiger partial charge in [0.05, 0.1) is 18.6 Å². The first kappa shape index (κ1) is 19.8. The maximum atomic E-state index is 13.5. The number of sulfonamides is 1. The van der Waals surface area contributed by atoms with Crippen LogP contribution in [0.4, 0.5) is 5.13 Å². The first-order valence-electron chi connectivity index (χ1n) is 8.57. The molecule has 0 bridgehead atoms. The van der Waals surface area contributed by atoms with Crippen molar-refractivity contribution in [3.63, 3.8) is 0 Å². The van der Waals surface area contributed by atoms with Crippen LogP contribution in [0, 0.1) is 0 Å². The Kier molecular flexibility index (Phi) is 5.53. The van der Waals surface area contributed by atoms with Crippen molar-refractivity contribution < 1.29 is 13.2 Å². The molecule has 0 atom stereocenters. The monoisotopic (exact) mass is 489 g/mol. The van der Waals surface area contributed by atoms with Crippen LogP contribution in [0.3, 0.4) is 0 Å². The number of anilines is 1. The van der Waals surface area contributed by atoms with E-state index in [0.29, 0.717) is 10.9 Å². The molecule has 0 aliphatic carbocycles. The van der Waals surface area contributed by atoms with Gasteiger partial charge in [-0.3, -0.25) is 4.98 Å². The number of rotatable bonds is 6. The summed E-state index contributed by atoms with van der Waals surface area (Å²) in [5.41, 5.74) is 0.828. The summed E-state index contributed by atoms with van der Waals surface area (Å²) in [4.78, 5) is 8.56. The van der Waals surface area contributed by atoms with E-state index in [0.717, 1.165) is 20.8 Å². The van der Waals surface area contributed by atoms with Crippen LogP contribution in [-0.4, -0.2) is 25.5 Å². The Morgan fingerprint density at radius 1 is 1.14 bits per heavy atom. The fourth-order valence-corrected chi connectivity index (χ4v) is 5.69. The summed E-state index contributed by atoms with van der Waals surface area (Å²) in [5.74, 6) is 0.713. The van der Waals surface area contributed by atoms with Crippen molar-refractivity contribution in [2.75, 3.05) is 11.4 Å². The molecular formula is C20H16BrN3O3S2. The molecule has 0 saturated heterocycles. The second kappa shape index (κ2) is 8.10. The van der Waals surface area contributed by atoms with E-state index in [9.17, 15) is 8.42 Å². The van der Waals surface area contributed by atoms with Crippen molar-refractivity contribution in [2.45, 2.75) is 11.4 Å². The van der Waals surface area contributed by atoms with Crippen LogP contribution in [0.2, 0.25) is 0 Å². The minimum Gasteiger partial charge on any atom is -0.497 e. The highest BCUT2D eigenvalue weighted by molar-refractivity contribution is 9.10. The van der Waals surface area contributed by atoms with Crippen LogP contribution in [0.1, 0.15) is 5.56 Å². The van der Waals surface area contributed by atoms with Gasteiger partial charge in [0.25, 0.3) is 10.0 Å². The molecule has 0 saturated carbocycles. The highest BCUT2D eigenvalue weighted by atomic mass is 79.9. The predicted octanol–water partition coefficient (Wildman–Crippen LogP) is 4.86. The Balaban J connectivity index is 1.76. The minimum absolute atomic E-state index is 0.161. The van der Waals surface area contributed by atoms with Crippen LogP contribution >= 0.6 is 27.3 Å². The Morgan fingerprint density at radius 3 is 2.62 bits per heavy atom. The lowest BCUT2D eigenvalue weighted by Crippen LogP contribution is -2.30. The highest BCUT2D eigenvalue weighted by Crippen LogP contribution is 2.31. The molecule has 2 aromatic heterocycles. The number of fused-ring (bicyclic) bond motifs is 1. The smallest absolute Gasteiger partial charge is 0.266 e. The second-order valence-corrected chi connectivity index (χ2v) is 9.77. The van der Waals surface area contributed by atoms with E-state index in [1.165, 1.54) is 15.6 Å². The zero-order valence-corrected chi connectivity index (χ0v) is 18.5. The van der Waals surface area contributed by atoms with E-state index in [1.54, 1.807) is 61.4 Å². The highest BCUT2D eigenvalue weighted by Gasteiger charge is 2.27. The largest absolute Gasteiger partial charge is 0.497 e. The molecule has 4 aromatic rings. The standard InChI is InChI=1S/C20H16BrN3O3S2/c1-27-16-4-2-14(3-5-16)13-24(20-23-8-9-28-20)29(25,26)17-6-7-18-15(10-17)11-22-12-19(18)21/h2-12H,13H2,1H3. The number of aromatic nitrogens is 2. The predicted molar refractivity (Wildman–Crippen MR) is 118 cm³/mol. The van der Waals surface area contributed by atoms with E-state index >= 15 is 0 Å². The summed E-state index contributed by atoms with van der Waals surface area (Å²) >= 11 is 4.72. The average molecular weight is 490 g/mol. The number of pyridine rings is 1. The van der Waals surface area contributed by atoms with Crippen molar-refractivity contribution in [1.29, 1.82) is 0 Å². The lowest BCUT2D eigenvalue weighted by atomic mass is 10.2. The molecule has 0 fully saturated rings. The average Bonchev–Trinajstić information content (AvgIpc) is 3.26. The number of methoxy groups -OCH3 is 1. The van der Waals surface area contributed by atoms with Gasteiger partial charge in [0.2, 0.25) is 0 Å². The lowest BCUT2D eigenvalue weighted by molar-refractivity contribution is 0.414.